The summed E-state index contributed by atoms with van der Waals surface area (Å²) < 4.78 is 0. The Morgan fingerprint density at radius 3 is 2.75 bits per heavy atom. The highest BCUT2D eigenvalue weighted by Crippen LogP contribution is 2.22. The van der Waals surface area contributed by atoms with Crippen molar-refractivity contribution in [3.8, 4) is 0 Å². The molecular weight excluding hydrogens is 244 g/mol. The van der Waals surface area contributed by atoms with Gasteiger partial charge in [-0.25, -0.2) is 0 Å². The highest BCUT2D eigenvalue weighted by Gasteiger charge is 2.26. The summed E-state index contributed by atoms with van der Waals surface area (Å²) in [6.07, 6.45) is 2.36. The zero-order valence-corrected chi connectivity index (χ0v) is 11.4. The van der Waals surface area contributed by atoms with Crippen LogP contribution in [0.15, 0.2) is 11.7 Å². The first-order chi connectivity index (χ1) is 7.45. The van der Waals surface area contributed by atoms with Crippen molar-refractivity contribution >= 4 is 28.8 Å². The molecule has 0 radical (unpaired) electrons. The van der Waals surface area contributed by atoms with Crippen molar-refractivity contribution in [1.82, 2.24) is 10.3 Å². The lowest BCUT2D eigenvalue weighted by atomic mass is 9.85. The van der Waals surface area contributed by atoms with E-state index < -0.39 is 0 Å². The van der Waals surface area contributed by atoms with Crippen LogP contribution in [0.4, 0.5) is 0 Å². The predicted molar refractivity (Wildman–Crippen MR) is 68.2 cm³/mol. The van der Waals surface area contributed by atoms with Crippen LogP contribution in [0.5, 0.6) is 0 Å². The molecule has 1 rings (SSSR count). The molecule has 0 fully saturated rings. The third kappa shape index (κ3) is 3.76. The molecular formula is C11H17ClN2OS. The summed E-state index contributed by atoms with van der Waals surface area (Å²) >= 11 is 7.10. The highest BCUT2D eigenvalue weighted by molar-refractivity contribution is 7.11. The van der Waals surface area contributed by atoms with Crippen LogP contribution in [0.2, 0.25) is 0 Å². The van der Waals surface area contributed by atoms with Crippen LogP contribution in [-0.4, -0.2) is 22.8 Å². The van der Waals surface area contributed by atoms with Crippen molar-refractivity contribution in [3.05, 3.63) is 16.6 Å². The van der Waals surface area contributed by atoms with Gasteiger partial charge in [0.25, 0.3) is 5.91 Å². The molecule has 3 nitrogen and oxygen atoms in total. The molecule has 90 valence electrons. The second kappa shape index (κ2) is 5.64. The van der Waals surface area contributed by atoms with Crippen LogP contribution >= 0.6 is 22.9 Å². The number of aromatic nitrogens is 1. The molecule has 0 bridgehead atoms. The molecule has 0 aliphatic rings. The van der Waals surface area contributed by atoms with Gasteiger partial charge in [0.1, 0.15) is 4.88 Å². The van der Waals surface area contributed by atoms with E-state index in [2.05, 4.69) is 31.1 Å². The largest absolute Gasteiger partial charge is 0.348 e. The molecule has 1 aromatic rings. The lowest BCUT2D eigenvalue weighted by Crippen LogP contribution is -2.43. The van der Waals surface area contributed by atoms with E-state index in [0.717, 1.165) is 6.42 Å². The normalized spacial score (nSPS) is 13.5. The molecule has 0 saturated carbocycles. The maximum Gasteiger partial charge on any atom is 0.263 e. The lowest BCUT2D eigenvalue weighted by molar-refractivity contribution is 0.0904. The maximum atomic E-state index is 11.9. The number of hydrogen-bond acceptors (Lipinski definition) is 3. The van der Waals surface area contributed by atoms with E-state index in [-0.39, 0.29) is 17.4 Å². The van der Waals surface area contributed by atoms with E-state index in [0.29, 0.717) is 10.8 Å². The van der Waals surface area contributed by atoms with E-state index in [1.165, 1.54) is 11.3 Å². The maximum absolute atomic E-state index is 11.9. The molecule has 0 spiro atoms. The van der Waals surface area contributed by atoms with Gasteiger partial charge < -0.3 is 5.32 Å². The zero-order valence-electron chi connectivity index (χ0n) is 9.79. The average molecular weight is 261 g/mol. The van der Waals surface area contributed by atoms with Crippen LogP contribution in [0.1, 0.15) is 36.9 Å². The van der Waals surface area contributed by atoms with Gasteiger partial charge in [-0.15, -0.1) is 22.9 Å². The predicted octanol–water partition coefficient (Wildman–Crippen LogP) is 2.92. The van der Waals surface area contributed by atoms with Gasteiger partial charge in [-0.2, -0.15) is 0 Å². The van der Waals surface area contributed by atoms with Crippen molar-refractivity contribution in [2.45, 2.75) is 33.2 Å². The number of rotatable bonds is 4. The standard InChI is InChI=1S/C11H17ClN2OS/c1-11(2,3)9(4-5-12)14-10(15)8-6-13-7-16-8/h6-7,9H,4-5H2,1-3H3,(H,14,15). The fourth-order valence-electron chi connectivity index (χ4n) is 1.39. The van der Waals surface area contributed by atoms with Gasteiger partial charge >= 0.3 is 0 Å². The van der Waals surface area contributed by atoms with Crippen molar-refractivity contribution in [2.24, 2.45) is 5.41 Å². The summed E-state index contributed by atoms with van der Waals surface area (Å²) in [5, 5.41) is 3.01. The molecule has 1 unspecified atom stereocenters. The number of hydrogen-bond donors (Lipinski definition) is 1. The monoisotopic (exact) mass is 260 g/mol. The molecule has 0 aromatic carbocycles. The summed E-state index contributed by atoms with van der Waals surface area (Å²) in [6, 6.07) is 0.0830. The minimum atomic E-state index is -0.0625. The Morgan fingerprint density at radius 2 is 2.31 bits per heavy atom. The first-order valence-electron chi connectivity index (χ1n) is 5.20. The molecule has 1 heterocycles. The van der Waals surface area contributed by atoms with E-state index in [4.69, 9.17) is 11.6 Å². The second-order valence-corrected chi connectivity index (χ2v) is 6.00. The van der Waals surface area contributed by atoms with Crippen LogP contribution in [-0.2, 0) is 0 Å². The summed E-state index contributed by atoms with van der Waals surface area (Å²) in [6.45, 7) is 6.28. The van der Waals surface area contributed by atoms with Gasteiger partial charge in [0.15, 0.2) is 0 Å². The van der Waals surface area contributed by atoms with E-state index in [1.807, 2.05) is 0 Å². The molecule has 16 heavy (non-hydrogen) atoms. The number of thiazole rings is 1. The quantitative estimate of drug-likeness (QED) is 0.846. The molecule has 0 saturated heterocycles. The average Bonchev–Trinajstić information content (AvgIpc) is 2.68. The second-order valence-electron chi connectivity index (χ2n) is 4.74. The Bertz CT molecular complexity index is 332. The zero-order chi connectivity index (χ0) is 12.2. The SMILES string of the molecule is CC(C)(C)C(CCCl)NC(=O)c1cncs1. The molecule has 5 heteroatoms. The van der Waals surface area contributed by atoms with Gasteiger partial charge in [0.05, 0.1) is 11.7 Å². The Kier molecular flexibility index (Phi) is 4.74. The topological polar surface area (TPSA) is 42.0 Å². The van der Waals surface area contributed by atoms with E-state index in [1.54, 1.807) is 11.7 Å². The van der Waals surface area contributed by atoms with Crippen molar-refractivity contribution in [1.29, 1.82) is 0 Å². The van der Waals surface area contributed by atoms with Gasteiger partial charge in [-0.05, 0) is 11.8 Å². The van der Waals surface area contributed by atoms with Crippen LogP contribution in [0, 0.1) is 5.41 Å². The minimum absolute atomic E-state index is 0.00916. The van der Waals surface area contributed by atoms with E-state index >= 15 is 0 Å². The van der Waals surface area contributed by atoms with Crippen molar-refractivity contribution in [3.63, 3.8) is 0 Å². The van der Waals surface area contributed by atoms with Crippen molar-refractivity contribution in [2.75, 3.05) is 5.88 Å². The third-order valence-electron chi connectivity index (χ3n) is 2.40. The Balaban J connectivity index is 2.66. The molecule has 1 atom stereocenters. The number of amides is 1. The minimum Gasteiger partial charge on any atom is -0.348 e. The summed E-state index contributed by atoms with van der Waals surface area (Å²) in [5.74, 6) is 0.484. The summed E-state index contributed by atoms with van der Waals surface area (Å²) in [4.78, 5) is 16.4. The number of nitrogens with zero attached hydrogens (tertiary/aromatic N) is 1. The van der Waals surface area contributed by atoms with Crippen LogP contribution in [0.3, 0.4) is 0 Å². The molecule has 0 aliphatic heterocycles. The number of carbonyl (C=O) groups excluding carboxylic acids is 1. The first-order valence-corrected chi connectivity index (χ1v) is 6.62. The van der Waals surface area contributed by atoms with Crippen LogP contribution < -0.4 is 5.32 Å². The smallest absolute Gasteiger partial charge is 0.263 e. The molecule has 1 amide bonds. The fourth-order valence-corrected chi connectivity index (χ4v) is 2.13. The molecule has 0 aliphatic carbocycles. The lowest BCUT2D eigenvalue weighted by Gasteiger charge is -2.30. The van der Waals surface area contributed by atoms with Crippen LogP contribution in [0.25, 0.3) is 0 Å². The highest BCUT2D eigenvalue weighted by atomic mass is 35.5. The van der Waals surface area contributed by atoms with Gasteiger partial charge in [-0.3, -0.25) is 9.78 Å². The van der Waals surface area contributed by atoms with Gasteiger partial charge in [0, 0.05) is 11.9 Å². The summed E-state index contributed by atoms with van der Waals surface area (Å²) in [7, 11) is 0. The van der Waals surface area contributed by atoms with Gasteiger partial charge in [-0.1, -0.05) is 20.8 Å². The number of halogens is 1. The number of carbonyl (C=O) groups is 1. The Labute approximate surface area is 105 Å². The molecule has 1 aromatic heterocycles. The number of nitrogens with one attached hydrogen (secondary N) is 1. The first kappa shape index (κ1) is 13.5. The third-order valence-corrected chi connectivity index (χ3v) is 3.39. The Hall–Kier alpha value is -0.610. The summed E-state index contributed by atoms with van der Waals surface area (Å²) in [5.41, 5.74) is 1.66. The fraction of sp³-hybridized carbons (Fsp3) is 0.636. The van der Waals surface area contributed by atoms with Gasteiger partial charge in [0.2, 0.25) is 0 Å². The van der Waals surface area contributed by atoms with E-state index in [9.17, 15) is 4.79 Å². The van der Waals surface area contributed by atoms with Crippen molar-refractivity contribution < 1.29 is 4.79 Å². The molecule has 1 N–H and O–H groups in total. The number of alkyl halides is 1. The Morgan fingerprint density at radius 1 is 1.62 bits per heavy atom.